The Balaban J connectivity index is 4.61. The monoisotopic (exact) mass is 353 g/mol. The number of amides is 1. The van der Waals surface area contributed by atoms with Gasteiger partial charge in [-0.3, -0.25) is 4.79 Å². The maximum Gasteiger partial charge on any atom is 0.223 e. The Morgan fingerprint density at radius 3 is 2.36 bits per heavy atom. The van der Waals surface area contributed by atoms with Crippen LogP contribution in [0.25, 0.3) is 0 Å². The Hall–Kier alpha value is -1.13. The molecule has 0 aliphatic rings. The molecule has 0 aromatic heterocycles. The Morgan fingerprint density at radius 2 is 1.72 bits per heavy atom. The predicted octanol–water partition coefficient (Wildman–Crippen LogP) is 5.10. The lowest BCUT2D eigenvalue weighted by atomic mass is 10.2. The van der Waals surface area contributed by atoms with Crippen LogP contribution in [0.5, 0.6) is 0 Å². The lowest BCUT2D eigenvalue weighted by Crippen LogP contribution is -2.28. The molecule has 0 aromatic carbocycles. The molecule has 146 valence electrons. The molecule has 0 heterocycles. The minimum Gasteiger partial charge on any atom is -0.381 e. The summed E-state index contributed by atoms with van der Waals surface area (Å²) in [7, 11) is 1.67. The summed E-state index contributed by atoms with van der Waals surface area (Å²) in [6, 6.07) is 0. The third-order valence-electron chi connectivity index (χ3n) is 3.99. The average molecular weight is 354 g/mol. The first-order valence-electron chi connectivity index (χ1n) is 9.88. The van der Waals surface area contributed by atoms with Crippen LogP contribution in [0.4, 0.5) is 0 Å². The fourth-order valence-corrected chi connectivity index (χ4v) is 2.54. The summed E-state index contributed by atoms with van der Waals surface area (Å²) in [5, 5.41) is 0. The standard InChI is InChI=1S/C21H39NO3/c1-5-7-9-10-16-22(20(3)23)21(14-12-17-24-4)15-13-19-25-18-11-8-6-2/h12,14-15H,5-11,13,16-19H2,1-4H3/b14-12-,21-15+. The van der Waals surface area contributed by atoms with E-state index in [1.807, 2.05) is 17.1 Å². The normalized spacial score (nSPS) is 12.1. The van der Waals surface area contributed by atoms with Crippen LogP contribution in [0.2, 0.25) is 0 Å². The molecule has 1 amide bonds. The highest BCUT2D eigenvalue weighted by molar-refractivity contribution is 5.75. The number of carbonyl (C=O) groups excluding carboxylic acids is 1. The number of nitrogens with zero attached hydrogens (tertiary/aromatic N) is 1. The smallest absolute Gasteiger partial charge is 0.223 e. The van der Waals surface area contributed by atoms with Crippen LogP contribution < -0.4 is 0 Å². The maximum absolute atomic E-state index is 12.1. The largest absolute Gasteiger partial charge is 0.381 e. The summed E-state index contributed by atoms with van der Waals surface area (Å²) < 4.78 is 10.8. The summed E-state index contributed by atoms with van der Waals surface area (Å²) in [6.07, 6.45) is 15.0. The van der Waals surface area contributed by atoms with E-state index < -0.39 is 0 Å². The molecular formula is C21H39NO3. The van der Waals surface area contributed by atoms with Gasteiger partial charge in [0.2, 0.25) is 5.91 Å². The minimum atomic E-state index is 0.0914. The van der Waals surface area contributed by atoms with E-state index in [-0.39, 0.29) is 5.91 Å². The van der Waals surface area contributed by atoms with Crippen molar-refractivity contribution in [1.82, 2.24) is 4.90 Å². The predicted molar refractivity (Wildman–Crippen MR) is 106 cm³/mol. The van der Waals surface area contributed by atoms with E-state index >= 15 is 0 Å². The van der Waals surface area contributed by atoms with Gasteiger partial charge in [0.15, 0.2) is 0 Å². The summed E-state index contributed by atoms with van der Waals surface area (Å²) in [5.74, 6) is 0.0914. The topological polar surface area (TPSA) is 38.8 Å². The van der Waals surface area contributed by atoms with Crippen molar-refractivity contribution in [1.29, 1.82) is 0 Å². The molecule has 0 saturated carbocycles. The van der Waals surface area contributed by atoms with Gasteiger partial charge in [-0.2, -0.15) is 0 Å². The first-order chi connectivity index (χ1) is 12.2. The molecule has 0 aromatic rings. The highest BCUT2D eigenvalue weighted by Gasteiger charge is 2.11. The van der Waals surface area contributed by atoms with Gasteiger partial charge in [-0.25, -0.2) is 0 Å². The molecule has 25 heavy (non-hydrogen) atoms. The number of unbranched alkanes of at least 4 members (excludes halogenated alkanes) is 5. The molecule has 0 bridgehead atoms. The maximum atomic E-state index is 12.1. The van der Waals surface area contributed by atoms with Crippen molar-refractivity contribution in [2.24, 2.45) is 0 Å². The highest BCUT2D eigenvalue weighted by atomic mass is 16.5. The molecule has 0 fully saturated rings. The number of rotatable bonds is 16. The molecule has 0 rings (SSSR count). The fraction of sp³-hybridized carbons (Fsp3) is 0.762. The van der Waals surface area contributed by atoms with E-state index in [0.717, 1.165) is 44.5 Å². The zero-order valence-electron chi connectivity index (χ0n) is 16.9. The lowest BCUT2D eigenvalue weighted by molar-refractivity contribution is -0.126. The van der Waals surface area contributed by atoms with E-state index in [9.17, 15) is 4.79 Å². The molecule has 0 saturated heterocycles. The Kier molecular flexibility index (Phi) is 16.9. The second-order valence-electron chi connectivity index (χ2n) is 6.33. The quantitative estimate of drug-likeness (QED) is 0.286. The fourth-order valence-electron chi connectivity index (χ4n) is 2.54. The van der Waals surface area contributed by atoms with Gasteiger partial charge in [0, 0.05) is 32.9 Å². The number of methoxy groups -OCH3 is 1. The van der Waals surface area contributed by atoms with Crippen molar-refractivity contribution in [3.8, 4) is 0 Å². The highest BCUT2D eigenvalue weighted by Crippen LogP contribution is 2.12. The van der Waals surface area contributed by atoms with Crippen LogP contribution in [-0.2, 0) is 14.3 Å². The molecule has 0 atom stereocenters. The van der Waals surface area contributed by atoms with Gasteiger partial charge in [0.05, 0.1) is 13.2 Å². The van der Waals surface area contributed by atoms with E-state index in [4.69, 9.17) is 9.47 Å². The first-order valence-corrected chi connectivity index (χ1v) is 9.88. The Morgan fingerprint density at radius 1 is 1.00 bits per heavy atom. The van der Waals surface area contributed by atoms with Crippen LogP contribution in [-0.4, -0.2) is 44.3 Å². The van der Waals surface area contributed by atoms with Crippen LogP contribution >= 0.6 is 0 Å². The van der Waals surface area contributed by atoms with Crippen molar-refractivity contribution < 1.29 is 14.3 Å². The first kappa shape index (κ1) is 23.9. The van der Waals surface area contributed by atoms with Gasteiger partial charge in [0.1, 0.15) is 0 Å². The van der Waals surface area contributed by atoms with Crippen molar-refractivity contribution >= 4 is 5.91 Å². The molecule has 4 nitrogen and oxygen atoms in total. The molecule has 0 unspecified atom stereocenters. The lowest BCUT2D eigenvalue weighted by Gasteiger charge is -2.22. The third kappa shape index (κ3) is 13.8. The molecule has 0 aliphatic heterocycles. The average Bonchev–Trinajstić information content (AvgIpc) is 2.59. The van der Waals surface area contributed by atoms with Gasteiger partial charge in [0.25, 0.3) is 0 Å². The van der Waals surface area contributed by atoms with Crippen molar-refractivity contribution in [3.63, 3.8) is 0 Å². The zero-order chi connectivity index (χ0) is 18.8. The van der Waals surface area contributed by atoms with Gasteiger partial charge in [-0.15, -0.1) is 0 Å². The Labute approximate surface area is 155 Å². The molecular weight excluding hydrogens is 314 g/mol. The SMILES string of the molecule is CCCCCCN(C(C)=O)C(/C=C\COC)=C/CCOCCCCC. The van der Waals surface area contributed by atoms with Gasteiger partial charge < -0.3 is 14.4 Å². The van der Waals surface area contributed by atoms with E-state index in [2.05, 4.69) is 19.9 Å². The van der Waals surface area contributed by atoms with Crippen molar-refractivity contribution in [2.45, 2.75) is 72.1 Å². The van der Waals surface area contributed by atoms with Gasteiger partial charge in [-0.1, -0.05) is 58.1 Å². The third-order valence-corrected chi connectivity index (χ3v) is 3.99. The number of allylic oxidation sites excluding steroid dienone is 1. The zero-order valence-corrected chi connectivity index (χ0v) is 16.9. The summed E-state index contributed by atoms with van der Waals surface area (Å²) >= 11 is 0. The van der Waals surface area contributed by atoms with Crippen LogP contribution in [0.15, 0.2) is 23.9 Å². The molecule has 0 spiro atoms. The molecule has 0 aliphatic carbocycles. The number of hydrogen-bond acceptors (Lipinski definition) is 3. The molecule has 0 N–H and O–H groups in total. The van der Waals surface area contributed by atoms with Crippen molar-refractivity contribution in [2.75, 3.05) is 33.5 Å². The Bertz CT molecular complexity index is 377. The van der Waals surface area contributed by atoms with Crippen LogP contribution in [0, 0.1) is 0 Å². The van der Waals surface area contributed by atoms with Crippen LogP contribution in [0.1, 0.15) is 72.1 Å². The summed E-state index contributed by atoms with van der Waals surface area (Å²) in [6.45, 7) is 8.87. The number of hydrogen-bond donors (Lipinski definition) is 0. The second kappa shape index (κ2) is 17.7. The number of carbonyl (C=O) groups is 1. The minimum absolute atomic E-state index is 0.0914. The molecule has 0 radical (unpaired) electrons. The van der Waals surface area contributed by atoms with Crippen molar-refractivity contribution in [3.05, 3.63) is 23.9 Å². The summed E-state index contributed by atoms with van der Waals surface area (Å²) in [4.78, 5) is 14.0. The second-order valence-corrected chi connectivity index (χ2v) is 6.33. The van der Waals surface area contributed by atoms with E-state index in [1.165, 1.54) is 25.7 Å². The van der Waals surface area contributed by atoms with E-state index in [1.54, 1.807) is 14.0 Å². The summed E-state index contributed by atoms with van der Waals surface area (Å²) in [5.41, 5.74) is 0.957. The van der Waals surface area contributed by atoms with E-state index in [0.29, 0.717) is 13.2 Å². The van der Waals surface area contributed by atoms with Gasteiger partial charge >= 0.3 is 0 Å². The molecule has 4 heteroatoms. The number of ether oxygens (including phenoxy) is 2. The van der Waals surface area contributed by atoms with Crippen LogP contribution in [0.3, 0.4) is 0 Å². The van der Waals surface area contributed by atoms with Gasteiger partial charge in [-0.05, 0) is 25.3 Å².